The Hall–Kier alpha value is -8.44. The van der Waals surface area contributed by atoms with Gasteiger partial charge in [-0.05, 0) is 59.7 Å². The maximum Gasteiger partial charge on any atom is 0.343 e. The van der Waals surface area contributed by atoms with Crippen LogP contribution in [0.2, 0.25) is 0 Å². The second kappa shape index (κ2) is 13.3. The zero-order valence-electron chi connectivity index (χ0n) is 31.6. The number of pyridine rings is 5. The maximum absolute atomic E-state index is 14.6. The van der Waals surface area contributed by atoms with Crippen LogP contribution in [0.1, 0.15) is 21.5 Å². The third-order valence-electron chi connectivity index (χ3n) is 11.3. The van der Waals surface area contributed by atoms with E-state index in [1.807, 2.05) is 116 Å². The van der Waals surface area contributed by atoms with Crippen LogP contribution < -0.4 is 4.74 Å². The van der Waals surface area contributed by atoms with Crippen LogP contribution in [0.15, 0.2) is 165 Å². The lowest BCUT2D eigenvalue weighted by Crippen LogP contribution is -2.12. The van der Waals surface area contributed by atoms with Gasteiger partial charge < -0.3 is 9.30 Å². The van der Waals surface area contributed by atoms with Gasteiger partial charge in [-0.3, -0.25) is 24.5 Å². The van der Waals surface area contributed by atoms with Crippen LogP contribution in [0.5, 0.6) is 5.75 Å². The summed E-state index contributed by atoms with van der Waals surface area (Å²) in [7, 11) is 0. The minimum Gasteiger partial charge on any atom is -0.423 e. The molecule has 11 aromatic rings. The molecule has 0 radical (unpaired) electrons. The smallest absolute Gasteiger partial charge is 0.343 e. The molecule has 282 valence electrons. The number of hydrogen-bond acceptors (Lipinski definition) is 9. The predicted octanol–water partition coefficient (Wildman–Crippen LogP) is 9.77. The molecule has 11 heteroatoms. The molecule has 60 heavy (non-hydrogen) atoms. The molecule has 11 nitrogen and oxygen atoms in total. The first kappa shape index (κ1) is 33.7. The molecule has 1 aliphatic carbocycles. The summed E-state index contributed by atoms with van der Waals surface area (Å²) < 4.78 is 10.4. The summed E-state index contributed by atoms with van der Waals surface area (Å²) in [6.07, 6.45) is 14.8. The van der Waals surface area contributed by atoms with E-state index in [4.69, 9.17) is 24.7 Å². The molecular formula is C49H29N9O2. The van der Waals surface area contributed by atoms with E-state index in [0.29, 0.717) is 51.7 Å². The van der Waals surface area contributed by atoms with E-state index in [-0.39, 0.29) is 0 Å². The number of carbonyl (C=O) groups excluding carboxylic acids is 1. The monoisotopic (exact) mass is 775 g/mol. The number of rotatable bonds is 6. The average molecular weight is 776 g/mol. The van der Waals surface area contributed by atoms with Gasteiger partial charge in [-0.2, -0.15) is 0 Å². The summed E-state index contributed by atoms with van der Waals surface area (Å²) in [4.78, 5) is 48.4. The molecule has 0 unspecified atom stereocenters. The summed E-state index contributed by atoms with van der Waals surface area (Å²) in [6.45, 7) is 0. The minimum atomic E-state index is -0.510. The molecule has 0 fully saturated rings. The van der Waals surface area contributed by atoms with Gasteiger partial charge in [0, 0.05) is 76.6 Å². The standard InChI is InChI=1S/C49H29N9O2/c59-49(60-31-14-8-3-9-15-31)34-23-39(46-43-38-25-51-21-18-41(38)57(48(43)55-28-54-46)30-12-6-2-7-13-30)56-45-33(34)22-35-44(45)53-26-36(29-10-4-1-5-11-29)47(35)58-40-17-20-50-24-37(40)32-16-19-52-27-42(32)58/h1-21,23-28H,22H2. The van der Waals surface area contributed by atoms with Gasteiger partial charge in [0.05, 0.1) is 56.5 Å². The van der Waals surface area contributed by atoms with Gasteiger partial charge in [0.15, 0.2) is 0 Å². The van der Waals surface area contributed by atoms with Crippen molar-refractivity contribution in [1.82, 2.24) is 44.0 Å². The predicted molar refractivity (Wildman–Crippen MR) is 230 cm³/mol. The molecule has 0 saturated carbocycles. The third kappa shape index (κ3) is 5.09. The van der Waals surface area contributed by atoms with E-state index in [2.05, 4.69) is 36.2 Å². The van der Waals surface area contributed by atoms with Crippen molar-refractivity contribution in [2.45, 2.75) is 6.42 Å². The Labute approximate surface area is 341 Å². The molecule has 0 atom stereocenters. The van der Waals surface area contributed by atoms with Crippen molar-refractivity contribution < 1.29 is 9.53 Å². The second-order valence-electron chi connectivity index (χ2n) is 14.6. The number of aromatic nitrogens is 9. The summed E-state index contributed by atoms with van der Waals surface area (Å²) in [5, 5.41) is 3.64. The molecule has 8 aromatic heterocycles. The lowest BCUT2D eigenvalue weighted by Gasteiger charge is -2.17. The fraction of sp³-hybridized carbons (Fsp3) is 0.0204. The highest BCUT2D eigenvalue weighted by Crippen LogP contribution is 2.46. The number of esters is 1. The second-order valence-corrected chi connectivity index (χ2v) is 14.6. The van der Waals surface area contributed by atoms with E-state index in [9.17, 15) is 4.79 Å². The third-order valence-corrected chi connectivity index (χ3v) is 11.3. The molecule has 0 bridgehead atoms. The zero-order chi connectivity index (χ0) is 39.7. The van der Waals surface area contributed by atoms with E-state index in [0.717, 1.165) is 66.2 Å². The Balaban J connectivity index is 1.15. The van der Waals surface area contributed by atoms with E-state index in [1.54, 1.807) is 36.9 Å². The molecule has 3 aromatic carbocycles. The highest BCUT2D eigenvalue weighted by Gasteiger charge is 2.34. The fourth-order valence-corrected chi connectivity index (χ4v) is 8.74. The number of hydrogen-bond donors (Lipinski definition) is 0. The van der Waals surface area contributed by atoms with Crippen LogP contribution in [-0.4, -0.2) is 50.0 Å². The molecule has 0 saturated heterocycles. The summed E-state index contributed by atoms with van der Waals surface area (Å²) in [5.41, 5.74) is 11.6. The van der Waals surface area contributed by atoms with E-state index in [1.165, 1.54) is 0 Å². The molecule has 12 rings (SSSR count). The number of fused-ring (bicyclic) bond motifs is 9. The van der Waals surface area contributed by atoms with Crippen molar-refractivity contribution in [3.05, 3.63) is 182 Å². The van der Waals surface area contributed by atoms with Gasteiger partial charge in [0.25, 0.3) is 0 Å². The van der Waals surface area contributed by atoms with Crippen LogP contribution in [0.25, 0.3) is 89.0 Å². The molecule has 8 heterocycles. The Bertz CT molecular complexity index is 3460. The van der Waals surface area contributed by atoms with Crippen LogP contribution in [0, 0.1) is 0 Å². The SMILES string of the molecule is O=C(Oc1ccccc1)c1cc(-c2ncnc3c2c2cnccc2n3-c2ccccc2)nc2c1Cc1c-2ncc(-c2ccccc2)c1-n1c2ccncc2c2ccncc21. The first-order chi connectivity index (χ1) is 29.7. The van der Waals surface area contributed by atoms with Gasteiger partial charge in [-0.15, -0.1) is 0 Å². The van der Waals surface area contributed by atoms with Gasteiger partial charge >= 0.3 is 5.97 Å². The Morgan fingerprint density at radius 2 is 1.28 bits per heavy atom. The van der Waals surface area contributed by atoms with Crippen molar-refractivity contribution in [1.29, 1.82) is 0 Å². The van der Waals surface area contributed by atoms with Crippen LogP contribution in [-0.2, 0) is 6.42 Å². The number of nitrogens with zero attached hydrogens (tertiary/aromatic N) is 9. The quantitative estimate of drug-likeness (QED) is 0.120. The number of ether oxygens (including phenoxy) is 1. The van der Waals surface area contributed by atoms with Gasteiger partial charge in [-0.25, -0.2) is 19.7 Å². The average Bonchev–Trinajstić information content (AvgIpc) is 3.97. The lowest BCUT2D eigenvalue weighted by atomic mass is 9.99. The van der Waals surface area contributed by atoms with Gasteiger partial charge in [0.2, 0.25) is 0 Å². The first-order valence-electron chi connectivity index (χ1n) is 19.4. The zero-order valence-corrected chi connectivity index (χ0v) is 31.6. The van der Waals surface area contributed by atoms with Crippen LogP contribution >= 0.6 is 0 Å². The summed E-state index contributed by atoms with van der Waals surface area (Å²) in [5.74, 6) is -0.0762. The van der Waals surface area contributed by atoms with Crippen molar-refractivity contribution in [3.63, 3.8) is 0 Å². The molecular weight excluding hydrogens is 747 g/mol. The van der Waals surface area contributed by atoms with Gasteiger partial charge in [0.1, 0.15) is 23.4 Å². The maximum atomic E-state index is 14.6. The van der Waals surface area contributed by atoms with E-state index < -0.39 is 5.97 Å². The normalized spacial score (nSPS) is 12.0. The fourth-order valence-electron chi connectivity index (χ4n) is 8.74. The van der Waals surface area contributed by atoms with Crippen molar-refractivity contribution in [2.24, 2.45) is 0 Å². The largest absolute Gasteiger partial charge is 0.423 e. The lowest BCUT2D eigenvalue weighted by molar-refractivity contribution is 0.0733. The Kier molecular flexibility index (Phi) is 7.48. The van der Waals surface area contributed by atoms with Crippen molar-refractivity contribution in [2.75, 3.05) is 0 Å². The minimum absolute atomic E-state index is 0.364. The van der Waals surface area contributed by atoms with Gasteiger partial charge in [-0.1, -0.05) is 66.7 Å². The number of carbonyl (C=O) groups is 1. The Morgan fingerprint density at radius 1 is 0.583 bits per heavy atom. The highest BCUT2D eigenvalue weighted by atomic mass is 16.5. The van der Waals surface area contributed by atoms with E-state index >= 15 is 0 Å². The Morgan fingerprint density at radius 3 is 2.08 bits per heavy atom. The van der Waals surface area contributed by atoms with Crippen molar-refractivity contribution >= 4 is 49.7 Å². The van der Waals surface area contributed by atoms with Crippen molar-refractivity contribution in [3.8, 4) is 51.0 Å². The topological polar surface area (TPSA) is 126 Å². The molecule has 0 spiro atoms. The van der Waals surface area contributed by atoms with Crippen LogP contribution in [0.4, 0.5) is 0 Å². The number of para-hydroxylation sites is 2. The number of benzene rings is 3. The summed E-state index contributed by atoms with van der Waals surface area (Å²) >= 11 is 0. The molecule has 0 aliphatic heterocycles. The highest BCUT2D eigenvalue weighted by molar-refractivity contribution is 6.14. The molecule has 0 amide bonds. The first-order valence-corrected chi connectivity index (χ1v) is 19.4. The molecule has 1 aliphatic rings. The van der Waals surface area contributed by atoms with Crippen LogP contribution in [0.3, 0.4) is 0 Å². The molecule has 0 N–H and O–H groups in total. The summed E-state index contributed by atoms with van der Waals surface area (Å²) in [6, 6.07) is 37.2.